The lowest BCUT2D eigenvalue weighted by Crippen LogP contribution is -2.38. The number of rotatable bonds is 10. The van der Waals surface area contributed by atoms with E-state index < -0.39 is 16.1 Å². The Hall–Kier alpha value is -2.94. The summed E-state index contributed by atoms with van der Waals surface area (Å²) in [7, 11) is -0.303. The first kappa shape index (κ1) is 22.4. The maximum Gasteiger partial charge on any atom is 0.260 e. The quantitative estimate of drug-likeness (QED) is 0.589. The third-order valence-electron chi connectivity index (χ3n) is 4.11. The van der Waals surface area contributed by atoms with Crippen molar-refractivity contribution >= 4 is 21.6 Å². The van der Waals surface area contributed by atoms with Crippen LogP contribution in [0.1, 0.15) is 6.92 Å². The van der Waals surface area contributed by atoms with Crippen molar-refractivity contribution in [2.45, 2.75) is 13.0 Å². The Labute approximate surface area is 171 Å². The summed E-state index contributed by atoms with van der Waals surface area (Å²) in [5.41, 5.74) is 0.505. The Morgan fingerprint density at radius 1 is 1.10 bits per heavy atom. The number of sulfonamides is 1. The van der Waals surface area contributed by atoms with Gasteiger partial charge in [0.1, 0.15) is 12.4 Å². The molecule has 0 aliphatic carbocycles. The van der Waals surface area contributed by atoms with Gasteiger partial charge in [-0.1, -0.05) is 12.1 Å². The Balaban J connectivity index is 1.80. The molecule has 8 nitrogen and oxygen atoms in total. The van der Waals surface area contributed by atoms with E-state index in [1.807, 2.05) is 12.1 Å². The largest absolute Gasteiger partial charge is 0.493 e. The molecule has 0 fully saturated rings. The molecule has 2 aromatic carbocycles. The first-order valence-corrected chi connectivity index (χ1v) is 10.8. The number of amides is 1. The molecule has 29 heavy (non-hydrogen) atoms. The fraction of sp³-hybridized carbons (Fsp3) is 0.350. The second-order valence-corrected chi connectivity index (χ2v) is 8.29. The number of hydrogen-bond acceptors (Lipinski definition) is 6. The highest BCUT2D eigenvalue weighted by Gasteiger charge is 2.16. The summed E-state index contributed by atoms with van der Waals surface area (Å²) in [4.78, 5) is 12.2. The second kappa shape index (κ2) is 10.0. The van der Waals surface area contributed by atoms with Crippen LogP contribution in [0.15, 0.2) is 48.5 Å². The van der Waals surface area contributed by atoms with Crippen molar-refractivity contribution in [3.05, 3.63) is 48.5 Å². The molecule has 0 aromatic heterocycles. The standard InChI is InChI=1S/C20H26N2O6S/c1-15(28-17-11-9-16(10-12-17)22(2)29(4,24)25)20(23)21-13-14-27-19-8-6-5-7-18(19)26-3/h5-12,15H,13-14H2,1-4H3,(H,21,23)/t15-/m1/s1. The molecule has 0 spiro atoms. The zero-order chi connectivity index (χ0) is 21.4. The molecule has 0 radical (unpaired) electrons. The fourth-order valence-electron chi connectivity index (χ4n) is 2.40. The molecule has 1 amide bonds. The second-order valence-electron chi connectivity index (χ2n) is 6.27. The molecule has 0 saturated carbocycles. The van der Waals surface area contributed by atoms with Gasteiger partial charge >= 0.3 is 0 Å². The summed E-state index contributed by atoms with van der Waals surface area (Å²) in [6, 6.07) is 13.7. The van der Waals surface area contributed by atoms with Crippen LogP contribution in [-0.4, -0.2) is 54.0 Å². The van der Waals surface area contributed by atoms with Gasteiger partial charge in [0.05, 0.1) is 25.6 Å². The van der Waals surface area contributed by atoms with E-state index in [1.54, 1.807) is 50.4 Å². The monoisotopic (exact) mass is 422 g/mol. The van der Waals surface area contributed by atoms with Crippen molar-refractivity contribution in [2.24, 2.45) is 0 Å². The van der Waals surface area contributed by atoms with E-state index in [2.05, 4.69) is 5.32 Å². The zero-order valence-electron chi connectivity index (χ0n) is 16.9. The van der Waals surface area contributed by atoms with Crippen LogP contribution in [0.25, 0.3) is 0 Å². The van der Waals surface area contributed by atoms with E-state index in [9.17, 15) is 13.2 Å². The highest BCUT2D eigenvalue weighted by molar-refractivity contribution is 7.92. The number of nitrogens with zero attached hydrogens (tertiary/aromatic N) is 1. The Bertz CT molecular complexity index is 915. The average Bonchev–Trinajstić information content (AvgIpc) is 2.70. The van der Waals surface area contributed by atoms with Crippen LogP contribution in [0.3, 0.4) is 0 Å². The predicted octanol–water partition coefficient (Wildman–Crippen LogP) is 2.05. The van der Waals surface area contributed by atoms with E-state index >= 15 is 0 Å². The number of methoxy groups -OCH3 is 1. The Morgan fingerprint density at radius 3 is 2.31 bits per heavy atom. The number of nitrogens with one attached hydrogen (secondary N) is 1. The van der Waals surface area contributed by atoms with Crippen LogP contribution < -0.4 is 23.8 Å². The van der Waals surface area contributed by atoms with Crippen molar-refractivity contribution in [2.75, 3.05) is 37.9 Å². The van der Waals surface area contributed by atoms with Gasteiger partial charge in [0.2, 0.25) is 10.0 Å². The summed E-state index contributed by atoms with van der Waals surface area (Å²) >= 11 is 0. The Morgan fingerprint density at radius 2 is 1.72 bits per heavy atom. The number of benzene rings is 2. The van der Waals surface area contributed by atoms with Crippen molar-refractivity contribution < 1.29 is 27.4 Å². The van der Waals surface area contributed by atoms with E-state index in [4.69, 9.17) is 14.2 Å². The smallest absolute Gasteiger partial charge is 0.260 e. The summed E-state index contributed by atoms with van der Waals surface area (Å²) < 4.78 is 40.7. The van der Waals surface area contributed by atoms with Crippen molar-refractivity contribution in [3.63, 3.8) is 0 Å². The van der Waals surface area contributed by atoms with Gasteiger partial charge in [-0.3, -0.25) is 9.10 Å². The first-order valence-electron chi connectivity index (χ1n) is 8.96. The van der Waals surface area contributed by atoms with Crippen LogP contribution in [0.4, 0.5) is 5.69 Å². The van der Waals surface area contributed by atoms with Crippen LogP contribution in [0.5, 0.6) is 17.2 Å². The minimum atomic E-state index is -3.33. The molecule has 0 bridgehead atoms. The fourth-order valence-corrected chi connectivity index (χ4v) is 2.91. The lowest BCUT2D eigenvalue weighted by atomic mass is 10.3. The number of carbonyl (C=O) groups excluding carboxylic acids is 1. The average molecular weight is 423 g/mol. The molecular weight excluding hydrogens is 396 g/mol. The lowest BCUT2D eigenvalue weighted by molar-refractivity contribution is -0.127. The predicted molar refractivity (Wildman–Crippen MR) is 111 cm³/mol. The molecule has 2 rings (SSSR count). The summed E-state index contributed by atoms with van der Waals surface area (Å²) in [5.74, 6) is 1.41. The van der Waals surface area contributed by atoms with Crippen molar-refractivity contribution in [1.82, 2.24) is 5.32 Å². The maximum absolute atomic E-state index is 12.2. The number of anilines is 1. The molecule has 0 aliphatic rings. The maximum atomic E-state index is 12.2. The molecule has 0 unspecified atom stereocenters. The summed E-state index contributed by atoms with van der Waals surface area (Å²) in [6.07, 6.45) is 0.404. The van der Waals surface area contributed by atoms with Crippen LogP contribution in [0, 0.1) is 0 Å². The van der Waals surface area contributed by atoms with Gasteiger partial charge in [0, 0.05) is 7.05 Å². The van der Waals surface area contributed by atoms with Gasteiger partial charge in [-0.05, 0) is 43.3 Å². The molecule has 9 heteroatoms. The molecule has 0 saturated heterocycles. The number of ether oxygens (including phenoxy) is 3. The van der Waals surface area contributed by atoms with Gasteiger partial charge < -0.3 is 19.5 Å². The van der Waals surface area contributed by atoms with E-state index in [0.29, 0.717) is 29.5 Å². The third-order valence-corrected chi connectivity index (χ3v) is 5.31. The molecular formula is C20H26N2O6S. The number of carbonyl (C=O) groups is 1. The zero-order valence-corrected chi connectivity index (χ0v) is 17.7. The van der Waals surface area contributed by atoms with Gasteiger partial charge in [-0.2, -0.15) is 0 Å². The van der Waals surface area contributed by atoms with Crippen LogP contribution in [-0.2, 0) is 14.8 Å². The minimum absolute atomic E-state index is 0.283. The SMILES string of the molecule is COc1ccccc1OCCNC(=O)[C@@H](C)Oc1ccc(N(C)S(C)(=O)=O)cc1. The van der Waals surface area contributed by atoms with Gasteiger partial charge in [0.15, 0.2) is 17.6 Å². The van der Waals surface area contributed by atoms with Gasteiger partial charge in [-0.15, -0.1) is 0 Å². The molecule has 2 aromatic rings. The van der Waals surface area contributed by atoms with Gasteiger partial charge in [0.25, 0.3) is 5.91 Å². The van der Waals surface area contributed by atoms with E-state index in [-0.39, 0.29) is 12.5 Å². The molecule has 1 atom stereocenters. The molecule has 0 heterocycles. The topological polar surface area (TPSA) is 94.2 Å². The Kier molecular flexibility index (Phi) is 7.72. The molecule has 158 valence electrons. The molecule has 1 N–H and O–H groups in total. The summed E-state index contributed by atoms with van der Waals surface area (Å²) in [5, 5.41) is 2.74. The van der Waals surface area contributed by atoms with Crippen LogP contribution >= 0.6 is 0 Å². The van der Waals surface area contributed by atoms with Crippen molar-refractivity contribution in [1.29, 1.82) is 0 Å². The molecule has 0 aliphatic heterocycles. The van der Waals surface area contributed by atoms with Crippen LogP contribution in [0.2, 0.25) is 0 Å². The van der Waals surface area contributed by atoms with E-state index in [1.165, 1.54) is 7.05 Å². The highest BCUT2D eigenvalue weighted by Crippen LogP contribution is 2.25. The van der Waals surface area contributed by atoms with Crippen molar-refractivity contribution in [3.8, 4) is 17.2 Å². The van der Waals surface area contributed by atoms with E-state index in [0.717, 1.165) is 10.6 Å². The number of hydrogen-bond donors (Lipinski definition) is 1. The lowest BCUT2D eigenvalue weighted by Gasteiger charge is -2.18. The highest BCUT2D eigenvalue weighted by atomic mass is 32.2. The number of para-hydroxylation sites is 2. The first-order chi connectivity index (χ1) is 13.7. The van der Waals surface area contributed by atoms with Gasteiger partial charge in [-0.25, -0.2) is 8.42 Å². The summed E-state index contributed by atoms with van der Waals surface area (Å²) in [6.45, 7) is 2.22. The minimum Gasteiger partial charge on any atom is -0.493 e. The third kappa shape index (κ3) is 6.56. The normalized spacial score (nSPS) is 12.0.